The van der Waals surface area contributed by atoms with Gasteiger partial charge in [-0.2, -0.15) is 0 Å². The number of nitrogens with zero attached hydrogens (tertiary/aromatic N) is 2. The standard InChI is InChI=1S/C13H15FN2O3/c1-13-3-8(4-13)10(16(13)12(18)19)11(17)7-2-9(14)6-15-5-7/h2,5-6,8,10-11,17H,3-4H2,1H3,(H,18,19)/t8?,10?,11-,13?/m0/s1. The molecule has 0 radical (unpaired) electrons. The van der Waals surface area contributed by atoms with Crippen molar-refractivity contribution in [3.63, 3.8) is 0 Å². The molecule has 3 heterocycles. The topological polar surface area (TPSA) is 73.7 Å². The monoisotopic (exact) mass is 266 g/mol. The second-order valence-corrected chi connectivity index (χ2v) is 5.69. The Morgan fingerprint density at radius 1 is 1.58 bits per heavy atom. The van der Waals surface area contributed by atoms with Gasteiger partial charge in [-0.05, 0) is 31.7 Å². The third kappa shape index (κ3) is 1.70. The SMILES string of the molecule is CC12CC(C1)C([C@@H](O)c1cncc(F)c1)N2C(=O)O. The van der Waals surface area contributed by atoms with E-state index in [1.807, 2.05) is 6.92 Å². The number of aromatic nitrogens is 1. The van der Waals surface area contributed by atoms with Gasteiger partial charge in [0.2, 0.25) is 0 Å². The fourth-order valence-corrected chi connectivity index (χ4v) is 3.62. The van der Waals surface area contributed by atoms with E-state index in [-0.39, 0.29) is 11.5 Å². The Balaban J connectivity index is 1.92. The first kappa shape index (κ1) is 12.3. The molecule has 1 amide bonds. The highest BCUT2D eigenvalue weighted by Gasteiger charge is 2.62. The van der Waals surface area contributed by atoms with Gasteiger partial charge in [0, 0.05) is 17.3 Å². The Hall–Kier alpha value is -1.69. The summed E-state index contributed by atoms with van der Waals surface area (Å²) < 4.78 is 13.1. The smallest absolute Gasteiger partial charge is 0.408 e. The lowest BCUT2D eigenvalue weighted by atomic mass is 9.72. The van der Waals surface area contributed by atoms with Crippen molar-refractivity contribution in [3.8, 4) is 0 Å². The predicted octanol–water partition coefficient (Wildman–Crippen LogP) is 1.78. The number of fused-ring (bicyclic) bond motifs is 1. The minimum atomic E-state index is -1.03. The van der Waals surface area contributed by atoms with Crippen LogP contribution in [0.1, 0.15) is 31.4 Å². The van der Waals surface area contributed by atoms with Crippen LogP contribution in [0.25, 0.3) is 0 Å². The van der Waals surface area contributed by atoms with Gasteiger partial charge in [0.25, 0.3) is 0 Å². The lowest BCUT2D eigenvalue weighted by molar-refractivity contribution is 0.0512. The van der Waals surface area contributed by atoms with Crippen LogP contribution in [0.3, 0.4) is 0 Å². The molecule has 1 aromatic heterocycles. The van der Waals surface area contributed by atoms with Crippen molar-refractivity contribution in [2.45, 2.75) is 37.5 Å². The van der Waals surface area contributed by atoms with Crippen LogP contribution in [0.4, 0.5) is 9.18 Å². The Kier molecular flexibility index (Phi) is 2.53. The molecule has 1 aromatic rings. The van der Waals surface area contributed by atoms with E-state index in [0.29, 0.717) is 5.56 Å². The maximum absolute atomic E-state index is 13.1. The third-order valence-corrected chi connectivity index (χ3v) is 4.36. The van der Waals surface area contributed by atoms with Gasteiger partial charge < -0.3 is 10.2 Å². The molecule has 102 valence electrons. The van der Waals surface area contributed by atoms with Crippen molar-refractivity contribution in [1.82, 2.24) is 9.88 Å². The number of aliphatic hydroxyl groups is 1. The van der Waals surface area contributed by atoms with Crippen LogP contribution >= 0.6 is 0 Å². The fourth-order valence-electron chi connectivity index (χ4n) is 3.62. The fraction of sp³-hybridized carbons (Fsp3) is 0.538. The van der Waals surface area contributed by atoms with Crippen LogP contribution in [0.2, 0.25) is 0 Å². The molecule has 1 unspecified atom stereocenters. The quantitative estimate of drug-likeness (QED) is 0.855. The van der Waals surface area contributed by atoms with Crippen molar-refractivity contribution < 1.29 is 19.4 Å². The van der Waals surface area contributed by atoms with Crippen molar-refractivity contribution in [2.24, 2.45) is 5.92 Å². The summed E-state index contributed by atoms with van der Waals surface area (Å²) in [5.41, 5.74) is -0.0597. The minimum absolute atomic E-state index is 0.138. The molecular formula is C13H15FN2O3. The Morgan fingerprint density at radius 3 is 2.84 bits per heavy atom. The summed E-state index contributed by atoms with van der Waals surface area (Å²) in [5.74, 6) is -0.394. The number of aliphatic hydroxyl groups excluding tert-OH is 1. The zero-order chi connectivity index (χ0) is 13.8. The summed E-state index contributed by atoms with van der Waals surface area (Å²) in [6, 6.07) is 0.696. The van der Waals surface area contributed by atoms with E-state index in [1.165, 1.54) is 17.2 Å². The molecule has 0 spiro atoms. The minimum Gasteiger partial charge on any atom is -0.465 e. The van der Waals surface area contributed by atoms with Crippen molar-refractivity contribution in [2.75, 3.05) is 0 Å². The van der Waals surface area contributed by atoms with Gasteiger partial charge in [0.15, 0.2) is 0 Å². The molecule has 5 nitrogen and oxygen atoms in total. The summed E-state index contributed by atoms with van der Waals surface area (Å²) in [6.07, 6.45) is 1.88. The lowest BCUT2D eigenvalue weighted by Gasteiger charge is -2.37. The number of rotatable bonds is 2. The highest BCUT2D eigenvalue weighted by Crippen LogP contribution is 2.57. The maximum atomic E-state index is 13.1. The zero-order valence-electron chi connectivity index (χ0n) is 10.5. The van der Waals surface area contributed by atoms with E-state index >= 15 is 0 Å². The van der Waals surface area contributed by atoms with Gasteiger partial charge in [-0.1, -0.05) is 0 Å². The molecule has 19 heavy (non-hydrogen) atoms. The predicted molar refractivity (Wildman–Crippen MR) is 63.9 cm³/mol. The van der Waals surface area contributed by atoms with E-state index < -0.39 is 24.1 Å². The van der Waals surface area contributed by atoms with Gasteiger partial charge in [-0.25, -0.2) is 9.18 Å². The van der Waals surface area contributed by atoms with Gasteiger partial charge in [-0.15, -0.1) is 0 Å². The summed E-state index contributed by atoms with van der Waals surface area (Å²) in [7, 11) is 0. The van der Waals surface area contributed by atoms with E-state index in [2.05, 4.69) is 4.98 Å². The molecule has 6 heteroatoms. The van der Waals surface area contributed by atoms with Crippen LogP contribution in [0.15, 0.2) is 18.5 Å². The van der Waals surface area contributed by atoms with E-state index in [4.69, 9.17) is 0 Å². The molecule has 2 saturated heterocycles. The third-order valence-electron chi connectivity index (χ3n) is 4.36. The molecule has 2 N–H and O–H groups in total. The number of pyridine rings is 1. The highest BCUT2D eigenvalue weighted by atomic mass is 19.1. The molecule has 2 atom stereocenters. The lowest BCUT2D eigenvalue weighted by Crippen LogP contribution is -2.47. The molecule has 3 fully saturated rings. The number of halogens is 1. The van der Waals surface area contributed by atoms with Crippen LogP contribution < -0.4 is 0 Å². The van der Waals surface area contributed by atoms with E-state index in [9.17, 15) is 19.4 Å². The Morgan fingerprint density at radius 2 is 2.26 bits per heavy atom. The molecule has 3 aliphatic rings. The molecule has 0 aromatic carbocycles. The Bertz CT molecular complexity index is 530. The van der Waals surface area contributed by atoms with E-state index in [0.717, 1.165) is 19.0 Å². The number of hydrogen-bond acceptors (Lipinski definition) is 3. The van der Waals surface area contributed by atoms with Crippen LogP contribution in [0, 0.1) is 11.7 Å². The number of amides is 1. The first-order chi connectivity index (χ1) is 8.92. The summed E-state index contributed by atoms with van der Waals surface area (Å²) >= 11 is 0. The second-order valence-electron chi connectivity index (χ2n) is 5.69. The molecule has 2 aliphatic heterocycles. The molecule has 1 saturated carbocycles. The van der Waals surface area contributed by atoms with Crippen LogP contribution in [-0.2, 0) is 0 Å². The van der Waals surface area contributed by atoms with Gasteiger partial charge >= 0.3 is 6.09 Å². The average Bonchev–Trinajstić information content (AvgIpc) is 2.76. The maximum Gasteiger partial charge on any atom is 0.408 e. The normalized spacial score (nSPS) is 33.9. The molecule has 4 rings (SSSR count). The largest absolute Gasteiger partial charge is 0.465 e. The highest BCUT2D eigenvalue weighted by molar-refractivity contribution is 5.68. The van der Waals surface area contributed by atoms with Crippen LogP contribution in [-0.4, -0.2) is 37.8 Å². The van der Waals surface area contributed by atoms with Crippen molar-refractivity contribution >= 4 is 6.09 Å². The summed E-state index contributed by atoms with van der Waals surface area (Å²) in [4.78, 5) is 16.4. The number of carboxylic acid groups (broad SMARTS) is 1. The molecular weight excluding hydrogens is 251 g/mol. The van der Waals surface area contributed by atoms with Crippen molar-refractivity contribution in [3.05, 3.63) is 29.8 Å². The zero-order valence-corrected chi connectivity index (χ0v) is 10.5. The molecule has 2 bridgehead atoms. The van der Waals surface area contributed by atoms with E-state index in [1.54, 1.807) is 0 Å². The average molecular weight is 266 g/mol. The van der Waals surface area contributed by atoms with Gasteiger partial charge in [0.1, 0.15) is 11.9 Å². The molecule has 1 aliphatic carbocycles. The number of hydrogen-bond donors (Lipinski definition) is 2. The second kappa shape index (κ2) is 3.90. The summed E-state index contributed by atoms with van der Waals surface area (Å²) in [6.45, 7) is 1.88. The first-order valence-corrected chi connectivity index (χ1v) is 6.23. The first-order valence-electron chi connectivity index (χ1n) is 6.23. The van der Waals surface area contributed by atoms with Gasteiger partial charge in [0.05, 0.1) is 12.2 Å². The Labute approximate surface area is 109 Å². The number of carbonyl (C=O) groups is 1. The van der Waals surface area contributed by atoms with Crippen molar-refractivity contribution in [1.29, 1.82) is 0 Å². The van der Waals surface area contributed by atoms with Gasteiger partial charge in [-0.3, -0.25) is 9.88 Å². The van der Waals surface area contributed by atoms with Crippen LogP contribution in [0.5, 0.6) is 0 Å². The summed E-state index contributed by atoms with van der Waals surface area (Å²) in [5, 5.41) is 19.7.